The second-order valence-corrected chi connectivity index (χ2v) is 7.16. The zero-order valence-electron chi connectivity index (χ0n) is 16.3. The Balaban J connectivity index is 2.25. The Bertz CT molecular complexity index is 962. The molecule has 0 unspecified atom stereocenters. The molecule has 2 N–H and O–H groups in total. The van der Waals surface area contributed by atoms with Gasteiger partial charge < -0.3 is 15.2 Å². The first-order valence-corrected chi connectivity index (χ1v) is 8.58. The quantitative estimate of drug-likeness (QED) is 0.371. The Labute approximate surface area is 164 Å². The Morgan fingerprint density at radius 3 is 2.21 bits per heavy atom. The first-order valence-electron chi connectivity index (χ1n) is 8.58. The third kappa shape index (κ3) is 4.98. The Morgan fingerprint density at radius 1 is 1.07 bits per heavy atom. The number of hydrogen-bond donors (Lipinski definition) is 1. The Hall–Kier alpha value is -3.59. The molecule has 0 bridgehead atoms. The summed E-state index contributed by atoms with van der Waals surface area (Å²) in [5, 5.41) is 8.93. The maximum atomic E-state index is 12.4. The topological polar surface area (TPSA) is 102 Å². The summed E-state index contributed by atoms with van der Waals surface area (Å²) in [5.74, 6) is -0.829. The number of nitrogens with two attached hydrogens (primary N) is 1. The van der Waals surface area contributed by atoms with Crippen LogP contribution in [-0.2, 0) is 10.2 Å². The van der Waals surface area contributed by atoms with Gasteiger partial charge in [0.05, 0.1) is 12.7 Å². The molecule has 2 aromatic carbocycles. The van der Waals surface area contributed by atoms with Crippen LogP contribution in [0.5, 0.6) is 11.5 Å². The van der Waals surface area contributed by atoms with Crippen LogP contribution < -0.4 is 15.2 Å². The molecule has 0 heterocycles. The zero-order chi connectivity index (χ0) is 20.9. The van der Waals surface area contributed by atoms with Crippen LogP contribution in [-0.4, -0.2) is 19.0 Å². The Morgan fingerprint density at radius 2 is 1.71 bits per heavy atom. The van der Waals surface area contributed by atoms with Crippen molar-refractivity contribution in [2.45, 2.75) is 26.2 Å². The van der Waals surface area contributed by atoms with Crippen molar-refractivity contribution in [1.82, 2.24) is 0 Å². The van der Waals surface area contributed by atoms with Gasteiger partial charge >= 0.3 is 5.97 Å². The molecule has 0 aliphatic heterocycles. The molecule has 1 amide bonds. The van der Waals surface area contributed by atoms with Crippen LogP contribution in [0.15, 0.2) is 48.0 Å². The maximum absolute atomic E-state index is 12.4. The van der Waals surface area contributed by atoms with Crippen molar-refractivity contribution in [1.29, 1.82) is 5.26 Å². The first-order chi connectivity index (χ1) is 13.2. The lowest BCUT2D eigenvalue weighted by Gasteiger charge is -2.19. The van der Waals surface area contributed by atoms with Crippen molar-refractivity contribution in [2.75, 3.05) is 7.11 Å². The van der Waals surface area contributed by atoms with Crippen LogP contribution >= 0.6 is 0 Å². The second kappa shape index (κ2) is 8.40. The number of primary amides is 1. The largest absolute Gasteiger partial charge is 0.493 e. The monoisotopic (exact) mass is 378 g/mol. The minimum Gasteiger partial charge on any atom is -0.493 e. The molecule has 0 saturated carbocycles. The van der Waals surface area contributed by atoms with Crippen molar-refractivity contribution in [3.8, 4) is 17.6 Å². The average molecular weight is 378 g/mol. The fraction of sp³-hybridized carbons (Fsp3) is 0.227. The fourth-order valence-electron chi connectivity index (χ4n) is 2.45. The third-order valence-corrected chi connectivity index (χ3v) is 4.07. The summed E-state index contributed by atoms with van der Waals surface area (Å²) in [6.45, 7) is 6.28. The molecule has 0 fully saturated rings. The van der Waals surface area contributed by atoms with Gasteiger partial charge in [-0.25, -0.2) is 4.79 Å². The highest BCUT2D eigenvalue weighted by molar-refractivity contribution is 6.00. The zero-order valence-corrected chi connectivity index (χ0v) is 16.3. The molecule has 0 saturated heterocycles. The van der Waals surface area contributed by atoms with Crippen LogP contribution in [0, 0.1) is 11.3 Å². The van der Waals surface area contributed by atoms with E-state index in [4.69, 9.17) is 20.5 Å². The molecule has 0 aromatic heterocycles. The third-order valence-electron chi connectivity index (χ3n) is 4.07. The summed E-state index contributed by atoms with van der Waals surface area (Å²) in [6.07, 6.45) is 1.33. The summed E-state index contributed by atoms with van der Waals surface area (Å²) in [4.78, 5) is 23.6. The SMILES string of the molecule is COc1cc(/C=C(\C#N)C(N)=O)ccc1OC(=O)c1ccc(C(C)(C)C)cc1. The van der Waals surface area contributed by atoms with Gasteiger partial charge in [0.15, 0.2) is 11.5 Å². The van der Waals surface area contributed by atoms with Gasteiger partial charge in [0, 0.05) is 0 Å². The van der Waals surface area contributed by atoms with Gasteiger partial charge in [0.1, 0.15) is 11.6 Å². The molecule has 0 radical (unpaired) electrons. The molecule has 6 heteroatoms. The van der Waals surface area contributed by atoms with E-state index in [0.29, 0.717) is 11.1 Å². The first kappa shape index (κ1) is 20.7. The predicted octanol–water partition coefficient (Wildman–Crippen LogP) is 3.60. The van der Waals surface area contributed by atoms with Crippen LogP contribution in [0.2, 0.25) is 0 Å². The van der Waals surface area contributed by atoms with Crippen LogP contribution in [0.4, 0.5) is 0 Å². The number of esters is 1. The summed E-state index contributed by atoms with van der Waals surface area (Å²) in [6, 6.07) is 13.6. The summed E-state index contributed by atoms with van der Waals surface area (Å²) >= 11 is 0. The number of benzene rings is 2. The molecule has 0 atom stereocenters. The lowest BCUT2D eigenvalue weighted by atomic mass is 9.87. The van der Waals surface area contributed by atoms with Gasteiger partial charge in [-0.05, 0) is 46.9 Å². The van der Waals surface area contributed by atoms with Gasteiger partial charge in [0.25, 0.3) is 5.91 Å². The number of carbonyl (C=O) groups excluding carboxylic acids is 2. The number of ether oxygens (including phenoxy) is 2. The van der Waals surface area contributed by atoms with E-state index in [2.05, 4.69) is 20.8 Å². The van der Waals surface area contributed by atoms with E-state index in [1.807, 2.05) is 12.1 Å². The summed E-state index contributed by atoms with van der Waals surface area (Å²) in [7, 11) is 1.43. The van der Waals surface area contributed by atoms with Crippen LogP contribution in [0.3, 0.4) is 0 Å². The van der Waals surface area contributed by atoms with E-state index in [1.54, 1.807) is 30.3 Å². The van der Waals surface area contributed by atoms with Crippen molar-refractivity contribution >= 4 is 18.0 Å². The predicted molar refractivity (Wildman–Crippen MR) is 106 cm³/mol. The summed E-state index contributed by atoms with van der Waals surface area (Å²) < 4.78 is 10.7. The number of amides is 1. The standard InChI is InChI=1S/C22H22N2O4/c1-22(2,3)17-8-6-15(7-9-17)21(26)28-18-10-5-14(12-19(18)27-4)11-16(13-23)20(24)25/h5-12H,1-4H3,(H2,24,25)/b16-11+. The molecule has 28 heavy (non-hydrogen) atoms. The maximum Gasteiger partial charge on any atom is 0.343 e. The molecule has 0 spiro atoms. The van der Waals surface area contributed by atoms with E-state index >= 15 is 0 Å². The number of rotatable bonds is 5. The number of hydrogen-bond acceptors (Lipinski definition) is 5. The van der Waals surface area contributed by atoms with Crippen molar-refractivity contribution < 1.29 is 19.1 Å². The van der Waals surface area contributed by atoms with Crippen LogP contribution in [0.25, 0.3) is 6.08 Å². The highest BCUT2D eigenvalue weighted by Gasteiger charge is 2.16. The molecule has 0 aliphatic carbocycles. The van der Waals surface area contributed by atoms with Gasteiger partial charge in [-0.3, -0.25) is 4.79 Å². The highest BCUT2D eigenvalue weighted by Crippen LogP contribution is 2.30. The highest BCUT2D eigenvalue weighted by atomic mass is 16.6. The smallest absolute Gasteiger partial charge is 0.343 e. The van der Waals surface area contributed by atoms with Gasteiger partial charge in [-0.15, -0.1) is 0 Å². The van der Waals surface area contributed by atoms with E-state index in [9.17, 15) is 9.59 Å². The van der Waals surface area contributed by atoms with Crippen LogP contribution in [0.1, 0.15) is 42.3 Å². The number of nitrogens with zero attached hydrogens (tertiary/aromatic N) is 1. The average Bonchev–Trinajstić information content (AvgIpc) is 2.66. The molecule has 0 aliphatic rings. The van der Waals surface area contributed by atoms with Crippen molar-refractivity contribution in [2.24, 2.45) is 5.73 Å². The van der Waals surface area contributed by atoms with E-state index in [0.717, 1.165) is 5.56 Å². The summed E-state index contributed by atoms with van der Waals surface area (Å²) in [5.41, 5.74) is 6.98. The normalized spacial score (nSPS) is 11.5. The number of nitriles is 1. The molecule has 2 aromatic rings. The lowest BCUT2D eigenvalue weighted by molar-refractivity contribution is -0.114. The van der Waals surface area contributed by atoms with Gasteiger partial charge in [0.2, 0.25) is 0 Å². The molecule has 144 valence electrons. The Kier molecular flexibility index (Phi) is 6.22. The minimum atomic E-state index is -0.823. The fourth-order valence-corrected chi connectivity index (χ4v) is 2.45. The lowest BCUT2D eigenvalue weighted by Crippen LogP contribution is -2.13. The van der Waals surface area contributed by atoms with Gasteiger partial charge in [-0.1, -0.05) is 39.0 Å². The minimum absolute atomic E-state index is 0.0117. The molecule has 2 rings (SSSR count). The molecular formula is C22H22N2O4. The molecule has 6 nitrogen and oxygen atoms in total. The molecular weight excluding hydrogens is 356 g/mol. The van der Waals surface area contributed by atoms with Gasteiger partial charge in [-0.2, -0.15) is 5.26 Å². The second-order valence-electron chi connectivity index (χ2n) is 7.16. The number of methoxy groups -OCH3 is 1. The van der Waals surface area contributed by atoms with E-state index in [-0.39, 0.29) is 22.5 Å². The van der Waals surface area contributed by atoms with Crippen molar-refractivity contribution in [3.05, 3.63) is 64.7 Å². The van der Waals surface area contributed by atoms with E-state index < -0.39 is 11.9 Å². The number of carbonyl (C=O) groups is 2. The van der Waals surface area contributed by atoms with Crippen molar-refractivity contribution in [3.63, 3.8) is 0 Å². The van der Waals surface area contributed by atoms with E-state index in [1.165, 1.54) is 19.3 Å².